The van der Waals surface area contributed by atoms with Gasteiger partial charge in [0.2, 0.25) is 5.91 Å². The smallest absolute Gasteiger partial charge is 0.224 e. The van der Waals surface area contributed by atoms with Crippen molar-refractivity contribution in [3.8, 4) is 0 Å². The van der Waals surface area contributed by atoms with E-state index in [1.165, 1.54) is 5.57 Å². The standard InChI is InChI=1S/C11H14BrNO2/c1-15-11(12)4-2-8-3-5-13-10(14)6-9(8)7-11/h2,7H,3-6H2,1H3,(H,13,14). The van der Waals surface area contributed by atoms with Crippen LogP contribution in [0, 0.1) is 0 Å². The number of ether oxygens (including phenoxy) is 1. The Balaban J connectivity index is 2.27. The van der Waals surface area contributed by atoms with Crippen molar-refractivity contribution in [3.63, 3.8) is 0 Å². The molecule has 1 heterocycles. The minimum Gasteiger partial charge on any atom is -0.363 e. The summed E-state index contributed by atoms with van der Waals surface area (Å²) in [5, 5.41) is 2.87. The number of carbonyl (C=O) groups excluding carboxylic acids is 1. The van der Waals surface area contributed by atoms with E-state index < -0.39 is 4.51 Å². The molecule has 1 amide bonds. The Kier molecular flexibility index (Phi) is 2.98. The zero-order valence-electron chi connectivity index (χ0n) is 8.68. The quantitative estimate of drug-likeness (QED) is 0.740. The summed E-state index contributed by atoms with van der Waals surface area (Å²) in [6.07, 6.45) is 6.38. The van der Waals surface area contributed by atoms with Gasteiger partial charge in [0.05, 0.1) is 6.42 Å². The summed E-state index contributed by atoms with van der Waals surface area (Å²) in [6, 6.07) is 0. The third-order valence-electron chi connectivity index (χ3n) is 2.84. The summed E-state index contributed by atoms with van der Waals surface area (Å²) in [5.74, 6) is 0.0949. The van der Waals surface area contributed by atoms with Crippen molar-refractivity contribution in [2.24, 2.45) is 0 Å². The zero-order chi connectivity index (χ0) is 10.9. The second-order valence-corrected chi connectivity index (χ2v) is 5.21. The highest BCUT2D eigenvalue weighted by Crippen LogP contribution is 2.36. The maximum atomic E-state index is 11.4. The monoisotopic (exact) mass is 271 g/mol. The topological polar surface area (TPSA) is 38.3 Å². The molecule has 1 aliphatic carbocycles. The van der Waals surface area contributed by atoms with Crippen molar-refractivity contribution in [1.29, 1.82) is 0 Å². The van der Waals surface area contributed by atoms with Crippen LogP contribution in [0.2, 0.25) is 0 Å². The van der Waals surface area contributed by atoms with Gasteiger partial charge in [-0.2, -0.15) is 0 Å². The van der Waals surface area contributed by atoms with E-state index in [9.17, 15) is 4.79 Å². The number of fused-ring (bicyclic) bond motifs is 1. The van der Waals surface area contributed by atoms with Gasteiger partial charge in [-0.15, -0.1) is 0 Å². The molecular formula is C11H14BrNO2. The molecule has 0 spiro atoms. The Hall–Kier alpha value is -0.610. The summed E-state index contributed by atoms with van der Waals surface area (Å²) >= 11 is 3.53. The van der Waals surface area contributed by atoms with Crippen molar-refractivity contribution in [3.05, 3.63) is 23.3 Å². The van der Waals surface area contributed by atoms with E-state index in [1.807, 2.05) is 6.08 Å². The Morgan fingerprint density at radius 3 is 3.07 bits per heavy atom. The van der Waals surface area contributed by atoms with E-state index in [0.29, 0.717) is 6.42 Å². The average molecular weight is 272 g/mol. The van der Waals surface area contributed by atoms with Gasteiger partial charge >= 0.3 is 0 Å². The highest BCUT2D eigenvalue weighted by molar-refractivity contribution is 9.10. The summed E-state index contributed by atoms with van der Waals surface area (Å²) in [4.78, 5) is 11.4. The summed E-state index contributed by atoms with van der Waals surface area (Å²) in [6.45, 7) is 0.740. The molecule has 0 saturated carbocycles. The van der Waals surface area contributed by atoms with Gasteiger partial charge in [0, 0.05) is 20.1 Å². The van der Waals surface area contributed by atoms with Crippen molar-refractivity contribution < 1.29 is 9.53 Å². The van der Waals surface area contributed by atoms with Crippen LogP contribution >= 0.6 is 15.9 Å². The molecule has 4 heteroatoms. The van der Waals surface area contributed by atoms with Gasteiger partial charge in [0.1, 0.15) is 4.51 Å². The molecule has 1 N–H and O–H groups in total. The fraction of sp³-hybridized carbons (Fsp3) is 0.545. The molecule has 0 aromatic heterocycles. The normalized spacial score (nSPS) is 30.9. The first-order chi connectivity index (χ1) is 7.13. The van der Waals surface area contributed by atoms with Gasteiger partial charge in [-0.1, -0.05) is 6.08 Å². The number of carbonyl (C=O) groups is 1. The second-order valence-electron chi connectivity index (χ2n) is 3.87. The van der Waals surface area contributed by atoms with Gasteiger partial charge in [-0.05, 0) is 39.6 Å². The zero-order valence-corrected chi connectivity index (χ0v) is 10.3. The van der Waals surface area contributed by atoms with E-state index in [-0.39, 0.29) is 5.91 Å². The van der Waals surface area contributed by atoms with Crippen LogP contribution < -0.4 is 5.32 Å². The molecule has 0 aromatic rings. The van der Waals surface area contributed by atoms with Crippen molar-refractivity contribution in [2.45, 2.75) is 23.8 Å². The molecule has 1 fully saturated rings. The molecule has 1 atom stereocenters. The Labute approximate surface area is 97.7 Å². The van der Waals surface area contributed by atoms with Crippen LogP contribution in [0.1, 0.15) is 19.3 Å². The van der Waals surface area contributed by atoms with Crippen LogP contribution in [0.5, 0.6) is 0 Å². The Bertz CT molecular complexity index is 348. The predicted octanol–water partition coefficient (Wildman–Crippen LogP) is 1.89. The molecule has 0 radical (unpaired) electrons. The van der Waals surface area contributed by atoms with E-state index in [4.69, 9.17) is 4.74 Å². The van der Waals surface area contributed by atoms with Gasteiger partial charge in [0.15, 0.2) is 0 Å². The molecule has 1 saturated heterocycles. The van der Waals surface area contributed by atoms with E-state index in [2.05, 4.69) is 27.3 Å². The average Bonchev–Trinajstić information content (AvgIpc) is 2.38. The van der Waals surface area contributed by atoms with Crippen molar-refractivity contribution in [2.75, 3.05) is 13.7 Å². The van der Waals surface area contributed by atoms with Crippen LogP contribution in [0.15, 0.2) is 23.3 Å². The minimum atomic E-state index is -0.420. The first kappa shape index (κ1) is 10.9. The number of hydrogen-bond acceptors (Lipinski definition) is 2. The number of rotatable bonds is 1. The number of amides is 1. The van der Waals surface area contributed by atoms with Crippen LogP contribution in [0.4, 0.5) is 0 Å². The van der Waals surface area contributed by atoms with E-state index in [0.717, 1.165) is 25.0 Å². The fourth-order valence-electron chi connectivity index (χ4n) is 1.95. The van der Waals surface area contributed by atoms with E-state index in [1.54, 1.807) is 7.11 Å². The molecule has 3 nitrogen and oxygen atoms in total. The molecule has 82 valence electrons. The minimum absolute atomic E-state index is 0.0949. The largest absolute Gasteiger partial charge is 0.363 e. The first-order valence-electron chi connectivity index (χ1n) is 5.05. The maximum absolute atomic E-state index is 11.4. The molecular weight excluding hydrogens is 258 g/mol. The lowest BCUT2D eigenvalue weighted by Gasteiger charge is -2.27. The summed E-state index contributed by atoms with van der Waals surface area (Å²) in [7, 11) is 1.67. The lowest BCUT2D eigenvalue weighted by atomic mass is 9.92. The molecule has 15 heavy (non-hydrogen) atoms. The Morgan fingerprint density at radius 2 is 2.33 bits per heavy atom. The van der Waals surface area contributed by atoms with Crippen molar-refractivity contribution >= 4 is 21.8 Å². The van der Waals surface area contributed by atoms with Gasteiger partial charge in [0.25, 0.3) is 0 Å². The molecule has 2 rings (SSSR count). The lowest BCUT2D eigenvalue weighted by molar-refractivity contribution is -0.120. The highest BCUT2D eigenvalue weighted by Gasteiger charge is 2.29. The number of hydrogen-bond donors (Lipinski definition) is 1. The summed E-state index contributed by atoms with van der Waals surface area (Å²) < 4.78 is 4.95. The highest BCUT2D eigenvalue weighted by atomic mass is 79.9. The first-order valence-corrected chi connectivity index (χ1v) is 5.84. The predicted molar refractivity (Wildman–Crippen MR) is 61.7 cm³/mol. The molecule has 1 aliphatic heterocycles. The molecule has 0 bridgehead atoms. The number of nitrogens with one attached hydrogen (secondary N) is 1. The van der Waals surface area contributed by atoms with Crippen molar-refractivity contribution in [1.82, 2.24) is 5.32 Å². The second kappa shape index (κ2) is 4.10. The number of halogens is 1. The van der Waals surface area contributed by atoms with Crippen LogP contribution in [-0.2, 0) is 9.53 Å². The van der Waals surface area contributed by atoms with Gasteiger partial charge in [-0.25, -0.2) is 0 Å². The molecule has 1 unspecified atom stereocenters. The third kappa shape index (κ3) is 2.32. The fourth-order valence-corrected chi connectivity index (χ4v) is 2.38. The van der Waals surface area contributed by atoms with Crippen LogP contribution in [0.25, 0.3) is 0 Å². The molecule has 2 aliphatic rings. The van der Waals surface area contributed by atoms with E-state index >= 15 is 0 Å². The van der Waals surface area contributed by atoms with Crippen LogP contribution in [-0.4, -0.2) is 24.1 Å². The third-order valence-corrected chi connectivity index (χ3v) is 3.71. The maximum Gasteiger partial charge on any atom is 0.224 e. The Morgan fingerprint density at radius 1 is 1.53 bits per heavy atom. The van der Waals surface area contributed by atoms with Gasteiger partial charge in [-0.3, -0.25) is 4.79 Å². The molecule has 0 aromatic carbocycles. The number of alkyl halides is 1. The SMILES string of the molecule is COC1(Br)C=C2CC(=O)NCCC2=CC1. The van der Waals surface area contributed by atoms with Gasteiger partial charge < -0.3 is 10.1 Å². The lowest BCUT2D eigenvalue weighted by Crippen LogP contribution is -2.24. The number of methoxy groups -OCH3 is 1. The summed E-state index contributed by atoms with van der Waals surface area (Å²) in [5.41, 5.74) is 2.37. The van der Waals surface area contributed by atoms with Crippen LogP contribution in [0.3, 0.4) is 0 Å².